The first-order chi connectivity index (χ1) is 8.20. The number of hydrogen-bond acceptors (Lipinski definition) is 4. The largest absolute Gasteiger partial charge is 0.473 e. The van der Waals surface area contributed by atoms with Crippen molar-refractivity contribution >= 4 is 21.9 Å². The fourth-order valence-corrected chi connectivity index (χ4v) is 2.55. The molecular weight excluding hydrogens is 286 g/mol. The van der Waals surface area contributed by atoms with Crippen LogP contribution >= 0.6 is 15.9 Å². The number of esters is 1. The standard InChI is InChI=1S/C12H14BrNO3/c1-16-12(15)8-5-6-11(14-7-8)17-10-4-2-3-9(10)13/h5-7,9-10H,2-4H2,1H3. The fourth-order valence-electron chi connectivity index (χ4n) is 1.86. The van der Waals surface area contributed by atoms with Gasteiger partial charge in [-0.1, -0.05) is 15.9 Å². The Morgan fingerprint density at radius 1 is 1.47 bits per heavy atom. The van der Waals surface area contributed by atoms with Crippen molar-refractivity contribution in [2.75, 3.05) is 7.11 Å². The van der Waals surface area contributed by atoms with Crippen molar-refractivity contribution in [1.29, 1.82) is 0 Å². The van der Waals surface area contributed by atoms with Crippen LogP contribution in [0.2, 0.25) is 0 Å². The first-order valence-electron chi connectivity index (χ1n) is 5.56. The van der Waals surface area contributed by atoms with Crippen LogP contribution in [-0.2, 0) is 4.74 Å². The summed E-state index contributed by atoms with van der Waals surface area (Å²) in [5.74, 6) is 0.164. The van der Waals surface area contributed by atoms with E-state index in [-0.39, 0.29) is 12.1 Å². The minimum absolute atomic E-state index is 0.173. The smallest absolute Gasteiger partial charge is 0.339 e. The molecule has 1 aromatic rings. The number of pyridine rings is 1. The molecule has 0 bridgehead atoms. The number of hydrogen-bond donors (Lipinski definition) is 0. The first-order valence-corrected chi connectivity index (χ1v) is 6.47. The lowest BCUT2D eigenvalue weighted by atomic mass is 10.3. The van der Waals surface area contributed by atoms with Gasteiger partial charge in [-0.15, -0.1) is 0 Å². The Bertz CT molecular complexity index is 393. The number of ether oxygens (including phenoxy) is 2. The van der Waals surface area contributed by atoms with E-state index in [0.717, 1.165) is 12.8 Å². The second kappa shape index (κ2) is 5.49. The van der Waals surface area contributed by atoms with E-state index in [1.165, 1.54) is 19.7 Å². The van der Waals surface area contributed by atoms with Gasteiger partial charge in [0.15, 0.2) is 0 Å². The van der Waals surface area contributed by atoms with Crippen LogP contribution in [0.3, 0.4) is 0 Å². The molecule has 1 aromatic heterocycles. The third-order valence-electron chi connectivity index (χ3n) is 2.80. The van der Waals surface area contributed by atoms with E-state index in [9.17, 15) is 4.79 Å². The average Bonchev–Trinajstić information content (AvgIpc) is 2.75. The molecule has 1 aliphatic carbocycles. The Kier molecular flexibility index (Phi) is 3.99. The molecule has 5 heteroatoms. The van der Waals surface area contributed by atoms with Crippen LogP contribution in [0.25, 0.3) is 0 Å². The van der Waals surface area contributed by atoms with Crippen molar-refractivity contribution in [3.63, 3.8) is 0 Å². The molecule has 1 aliphatic rings. The number of methoxy groups -OCH3 is 1. The van der Waals surface area contributed by atoms with Gasteiger partial charge in [-0.25, -0.2) is 9.78 Å². The van der Waals surface area contributed by atoms with Crippen LogP contribution in [0.4, 0.5) is 0 Å². The first kappa shape index (κ1) is 12.4. The molecule has 4 nitrogen and oxygen atoms in total. The van der Waals surface area contributed by atoms with Gasteiger partial charge >= 0.3 is 5.97 Å². The van der Waals surface area contributed by atoms with Crippen LogP contribution in [0.15, 0.2) is 18.3 Å². The maximum atomic E-state index is 11.2. The number of carbonyl (C=O) groups excluding carboxylic acids is 1. The van der Waals surface area contributed by atoms with Gasteiger partial charge < -0.3 is 9.47 Å². The third kappa shape index (κ3) is 2.97. The minimum Gasteiger partial charge on any atom is -0.473 e. The van der Waals surface area contributed by atoms with E-state index in [4.69, 9.17) is 4.74 Å². The predicted octanol–water partition coefficient (Wildman–Crippen LogP) is 2.56. The molecule has 92 valence electrons. The van der Waals surface area contributed by atoms with Crippen LogP contribution < -0.4 is 4.74 Å². The summed E-state index contributed by atoms with van der Waals surface area (Å²) in [5.41, 5.74) is 0.432. The molecule has 0 N–H and O–H groups in total. The van der Waals surface area contributed by atoms with Gasteiger partial charge in [0, 0.05) is 12.3 Å². The summed E-state index contributed by atoms with van der Waals surface area (Å²) in [6, 6.07) is 3.36. The summed E-state index contributed by atoms with van der Waals surface area (Å²) >= 11 is 3.58. The average molecular weight is 300 g/mol. The van der Waals surface area contributed by atoms with E-state index in [2.05, 4.69) is 25.7 Å². The molecule has 0 spiro atoms. The highest BCUT2D eigenvalue weighted by Crippen LogP contribution is 2.28. The zero-order valence-electron chi connectivity index (χ0n) is 9.56. The summed E-state index contributed by atoms with van der Waals surface area (Å²) in [4.78, 5) is 15.7. The second-order valence-corrected chi connectivity index (χ2v) is 5.16. The lowest BCUT2D eigenvalue weighted by Gasteiger charge is -2.15. The maximum absolute atomic E-state index is 11.2. The minimum atomic E-state index is -0.386. The highest BCUT2D eigenvalue weighted by Gasteiger charge is 2.26. The molecule has 2 unspecified atom stereocenters. The van der Waals surface area contributed by atoms with Gasteiger partial charge in [0.2, 0.25) is 5.88 Å². The molecule has 1 fully saturated rings. The molecule has 0 aliphatic heterocycles. The van der Waals surface area contributed by atoms with Gasteiger partial charge in [0.05, 0.1) is 17.5 Å². The number of carbonyl (C=O) groups is 1. The number of nitrogens with zero attached hydrogens (tertiary/aromatic N) is 1. The van der Waals surface area contributed by atoms with E-state index in [0.29, 0.717) is 16.3 Å². The highest BCUT2D eigenvalue weighted by atomic mass is 79.9. The Balaban J connectivity index is 2.00. The lowest BCUT2D eigenvalue weighted by molar-refractivity contribution is 0.0600. The second-order valence-electron chi connectivity index (χ2n) is 3.98. The van der Waals surface area contributed by atoms with E-state index in [1.54, 1.807) is 12.1 Å². The van der Waals surface area contributed by atoms with Gasteiger partial charge in [-0.3, -0.25) is 0 Å². The number of halogens is 1. The Hall–Kier alpha value is -1.10. The Labute approximate surface area is 108 Å². The van der Waals surface area contributed by atoms with Gasteiger partial charge in [0.1, 0.15) is 6.10 Å². The predicted molar refractivity (Wildman–Crippen MR) is 66.6 cm³/mol. The summed E-state index contributed by atoms with van der Waals surface area (Å²) in [6.45, 7) is 0. The van der Waals surface area contributed by atoms with E-state index < -0.39 is 0 Å². The van der Waals surface area contributed by atoms with E-state index >= 15 is 0 Å². The summed E-state index contributed by atoms with van der Waals surface area (Å²) in [7, 11) is 1.35. The third-order valence-corrected chi connectivity index (χ3v) is 3.85. The zero-order valence-corrected chi connectivity index (χ0v) is 11.1. The van der Waals surface area contributed by atoms with Gasteiger partial charge in [-0.2, -0.15) is 0 Å². The van der Waals surface area contributed by atoms with Crippen LogP contribution in [0.1, 0.15) is 29.6 Å². The SMILES string of the molecule is COC(=O)c1ccc(OC2CCCC2Br)nc1. The monoisotopic (exact) mass is 299 g/mol. The topological polar surface area (TPSA) is 48.4 Å². The van der Waals surface area contributed by atoms with Crippen molar-refractivity contribution in [1.82, 2.24) is 4.98 Å². The van der Waals surface area contributed by atoms with Crippen molar-refractivity contribution < 1.29 is 14.3 Å². The molecule has 17 heavy (non-hydrogen) atoms. The molecule has 2 atom stereocenters. The van der Waals surface area contributed by atoms with Gasteiger partial charge in [0.25, 0.3) is 0 Å². The number of rotatable bonds is 3. The molecule has 0 amide bonds. The van der Waals surface area contributed by atoms with Crippen molar-refractivity contribution in [2.45, 2.75) is 30.2 Å². The van der Waals surface area contributed by atoms with E-state index in [1.807, 2.05) is 0 Å². The highest BCUT2D eigenvalue weighted by molar-refractivity contribution is 9.09. The molecular formula is C12H14BrNO3. The summed E-state index contributed by atoms with van der Waals surface area (Å²) in [6.07, 6.45) is 4.98. The van der Waals surface area contributed by atoms with Crippen LogP contribution in [0.5, 0.6) is 5.88 Å². The number of alkyl halides is 1. The van der Waals surface area contributed by atoms with Crippen molar-refractivity contribution in [3.8, 4) is 5.88 Å². The van der Waals surface area contributed by atoms with Crippen molar-refractivity contribution in [3.05, 3.63) is 23.9 Å². The van der Waals surface area contributed by atoms with Crippen LogP contribution in [0, 0.1) is 0 Å². The fraction of sp³-hybridized carbons (Fsp3) is 0.500. The maximum Gasteiger partial charge on any atom is 0.339 e. The number of aromatic nitrogens is 1. The zero-order chi connectivity index (χ0) is 12.3. The van der Waals surface area contributed by atoms with Crippen LogP contribution in [-0.4, -0.2) is 29.0 Å². The normalized spacial score (nSPS) is 23.4. The lowest BCUT2D eigenvalue weighted by Crippen LogP contribution is -2.21. The summed E-state index contributed by atoms with van der Waals surface area (Å²) in [5, 5.41) is 0. The molecule has 0 saturated heterocycles. The quantitative estimate of drug-likeness (QED) is 0.636. The van der Waals surface area contributed by atoms with Crippen molar-refractivity contribution in [2.24, 2.45) is 0 Å². The molecule has 2 rings (SSSR count). The molecule has 1 heterocycles. The summed E-state index contributed by atoms with van der Waals surface area (Å²) < 4.78 is 10.3. The molecule has 0 aromatic carbocycles. The Morgan fingerprint density at radius 3 is 2.82 bits per heavy atom. The molecule has 1 saturated carbocycles. The van der Waals surface area contributed by atoms with Gasteiger partial charge in [-0.05, 0) is 25.3 Å². The Morgan fingerprint density at radius 2 is 2.29 bits per heavy atom. The molecule has 0 radical (unpaired) electrons.